The van der Waals surface area contributed by atoms with E-state index in [-0.39, 0.29) is 23.8 Å². The van der Waals surface area contributed by atoms with Crippen LogP contribution >= 0.6 is 0 Å². The first kappa shape index (κ1) is 14.8. The van der Waals surface area contributed by atoms with Crippen molar-refractivity contribution in [2.75, 3.05) is 6.61 Å². The van der Waals surface area contributed by atoms with Crippen LogP contribution in [0.1, 0.15) is 35.9 Å². The normalized spacial score (nSPS) is 10.4. The Morgan fingerprint density at radius 2 is 1.90 bits per heavy atom. The zero-order valence-electron chi connectivity index (χ0n) is 12.0. The van der Waals surface area contributed by atoms with E-state index in [4.69, 9.17) is 9.47 Å². The number of nitrogens with zero attached hydrogens (tertiary/aromatic N) is 1. The molecule has 0 bridgehead atoms. The predicted octanol–water partition coefficient (Wildman–Crippen LogP) is 2.40. The number of hydrogen-bond donors (Lipinski definition) is 0. The Balaban J connectivity index is 2.66. The van der Waals surface area contributed by atoms with E-state index in [1.165, 1.54) is 24.5 Å². The van der Waals surface area contributed by atoms with E-state index in [2.05, 4.69) is 0 Å². The lowest BCUT2D eigenvalue weighted by Crippen LogP contribution is -2.09. The number of hydrogen-bond acceptors (Lipinski definition) is 5. The summed E-state index contributed by atoms with van der Waals surface area (Å²) >= 11 is 0. The lowest BCUT2D eigenvalue weighted by molar-refractivity contribution is -0.131. The average molecular weight is 289 g/mol. The summed E-state index contributed by atoms with van der Waals surface area (Å²) in [7, 11) is 0. The molecular weight excluding hydrogens is 274 g/mol. The SMILES string of the molecule is CCOC(=O)c1cc(OC(C)=O)c2ccn(C(C)=O)c2c1. The molecule has 0 spiro atoms. The molecule has 0 saturated heterocycles. The Morgan fingerprint density at radius 1 is 1.19 bits per heavy atom. The highest BCUT2D eigenvalue weighted by Crippen LogP contribution is 2.29. The van der Waals surface area contributed by atoms with Gasteiger partial charge < -0.3 is 9.47 Å². The number of benzene rings is 1. The minimum atomic E-state index is -0.538. The molecule has 0 atom stereocenters. The van der Waals surface area contributed by atoms with Crippen molar-refractivity contribution < 1.29 is 23.9 Å². The summed E-state index contributed by atoms with van der Waals surface area (Å²) in [6.45, 7) is 4.60. The van der Waals surface area contributed by atoms with E-state index >= 15 is 0 Å². The molecule has 0 amide bonds. The van der Waals surface area contributed by atoms with E-state index in [9.17, 15) is 14.4 Å². The van der Waals surface area contributed by atoms with E-state index in [0.29, 0.717) is 10.9 Å². The number of ether oxygens (including phenoxy) is 2. The second-order valence-electron chi connectivity index (χ2n) is 4.43. The van der Waals surface area contributed by atoms with E-state index in [0.717, 1.165) is 0 Å². The molecule has 0 fully saturated rings. The van der Waals surface area contributed by atoms with Gasteiger partial charge in [0.15, 0.2) is 0 Å². The van der Waals surface area contributed by atoms with Crippen LogP contribution in [0, 0.1) is 0 Å². The zero-order valence-corrected chi connectivity index (χ0v) is 12.0. The van der Waals surface area contributed by atoms with Gasteiger partial charge in [-0.3, -0.25) is 14.2 Å². The molecule has 6 nitrogen and oxygen atoms in total. The van der Waals surface area contributed by atoms with Crippen molar-refractivity contribution in [3.8, 4) is 5.75 Å². The fourth-order valence-electron chi connectivity index (χ4n) is 2.05. The minimum Gasteiger partial charge on any atom is -0.462 e. The maximum absolute atomic E-state index is 11.9. The highest BCUT2D eigenvalue weighted by molar-refractivity contribution is 6.01. The van der Waals surface area contributed by atoms with Gasteiger partial charge in [-0.25, -0.2) is 4.79 Å². The van der Waals surface area contributed by atoms with Gasteiger partial charge in [-0.15, -0.1) is 0 Å². The number of carbonyl (C=O) groups excluding carboxylic acids is 3. The van der Waals surface area contributed by atoms with Crippen molar-refractivity contribution >= 4 is 28.7 Å². The van der Waals surface area contributed by atoms with Crippen LogP contribution in [0.2, 0.25) is 0 Å². The first-order valence-electron chi connectivity index (χ1n) is 6.45. The van der Waals surface area contributed by atoms with Crippen LogP contribution < -0.4 is 4.74 Å². The molecule has 2 aromatic rings. The van der Waals surface area contributed by atoms with Crippen LogP contribution in [-0.2, 0) is 9.53 Å². The van der Waals surface area contributed by atoms with Crippen LogP contribution in [0.3, 0.4) is 0 Å². The summed E-state index contributed by atoms with van der Waals surface area (Å²) in [5.41, 5.74) is 0.714. The van der Waals surface area contributed by atoms with Crippen LogP contribution in [0.4, 0.5) is 0 Å². The topological polar surface area (TPSA) is 74.6 Å². The third kappa shape index (κ3) is 2.94. The van der Waals surface area contributed by atoms with Crippen LogP contribution in [0.25, 0.3) is 10.9 Å². The summed E-state index contributed by atoms with van der Waals surface area (Å²) < 4.78 is 11.4. The number of aromatic nitrogens is 1. The highest BCUT2D eigenvalue weighted by Gasteiger charge is 2.16. The third-order valence-corrected chi connectivity index (χ3v) is 2.87. The van der Waals surface area contributed by atoms with Gasteiger partial charge in [0.1, 0.15) is 5.75 Å². The average Bonchev–Trinajstić information content (AvgIpc) is 2.82. The number of rotatable bonds is 3. The monoisotopic (exact) mass is 289 g/mol. The second-order valence-corrected chi connectivity index (χ2v) is 4.43. The number of carbonyl (C=O) groups is 3. The zero-order chi connectivity index (χ0) is 15.6. The molecule has 1 heterocycles. The highest BCUT2D eigenvalue weighted by atomic mass is 16.5. The first-order valence-corrected chi connectivity index (χ1v) is 6.45. The molecular formula is C15H15NO5. The minimum absolute atomic E-state index is 0.209. The molecule has 0 aliphatic rings. The molecule has 0 radical (unpaired) electrons. The Kier molecular flexibility index (Phi) is 4.07. The molecule has 110 valence electrons. The van der Waals surface area contributed by atoms with Crippen molar-refractivity contribution in [1.82, 2.24) is 4.57 Å². The molecule has 6 heteroatoms. The Hall–Kier alpha value is -2.63. The lowest BCUT2D eigenvalue weighted by atomic mass is 10.1. The Morgan fingerprint density at radius 3 is 2.48 bits per heavy atom. The molecule has 0 N–H and O–H groups in total. The lowest BCUT2D eigenvalue weighted by Gasteiger charge is -2.08. The van der Waals surface area contributed by atoms with Crippen molar-refractivity contribution in [3.05, 3.63) is 30.0 Å². The van der Waals surface area contributed by atoms with E-state index < -0.39 is 11.9 Å². The van der Waals surface area contributed by atoms with Gasteiger partial charge in [-0.2, -0.15) is 0 Å². The largest absolute Gasteiger partial charge is 0.462 e. The maximum atomic E-state index is 11.9. The summed E-state index contributed by atoms with van der Waals surface area (Å²) in [6, 6.07) is 4.64. The van der Waals surface area contributed by atoms with Gasteiger partial charge in [-0.1, -0.05) is 0 Å². The predicted molar refractivity (Wildman–Crippen MR) is 75.5 cm³/mol. The molecule has 0 aliphatic carbocycles. The Bertz CT molecular complexity index is 729. The molecule has 2 rings (SSSR count). The number of esters is 2. The van der Waals surface area contributed by atoms with Gasteiger partial charge in [0.2, 0.25) is 5.91 Å². The molecule has 1 aromatic carbocycles. The van der Waals surface area contributed by atoms with Crippen LogP contribution in [0.15, 0.2) is 24.4 Å². The molecule has 0 unspecified atom stereocenters. The third-order valence-electron chi connectivity index (χ3n) is 2.87. The first-order chi connectivity index (χ1) is 9.93. The fourth-order valence-corrected chi connectivity index (χ4v) is 2.05. The van der Waals surface area contributed by atoms with E-state index in [1.54, 1.807) is 25.3 Å². The van der Waals surface area contributed by atoms with Gasteiger partial charge >= 0.3 is 11.9 Å². The summed E-state index contributed by atoms with van der Waals surface area (Å²) in [5, 5.41) is 0.577. The van der Waals surface area contributed by atoms with Gasteiger partial charge in [0.25, 0.3) is 0 Å². The molecule has 21 heavy (non-hydrogen) atoms. The summed E-state index contributed by atoms with van der Waals surface area (Å²) in [4.78, 5) is 34.7. The molecule has 1 aromatic heterocycles. The van der Waals surface area contributed by atoms with Crippen LogP contribution in [-0.4, -0.2) is 29.0 Å². The fraction of sp³-hybridized carbons (Fsp3) is 0.267. The van der Waals surface area contributed by atoms with E-state index in [1.807, 2.05) is 0 Å². The Labute approximate surface area is 121 Å². The summed E-state index contributed by atoms with van der Waals surface area (Å²) in [5.74, 6) is -1.03. The van der Waals surface area contributed by atoms with Gasteiger partial charge in [0.05, 0.1) is 17.7 Å². The molecule has 0 saturated carbocycles. The van der Waals surface area contributed by atoms with Crippen molar-refractivity contribution in [2.45, 2.75) is 20.8 Å². The van der Waals surface area contributed by atoms with Gasteiger partial charge in [-0.05, 0) is 25.1 Å². The quantitative estimate of drug-likeness (QED) is 0.640. The second kappa shape index (κ2) is 5.78. The van der Waals surface area contributed by atoms with Crippen LogP contribution in [0.5, 0.6) is 5.75 Å². The van der Waals surface area contributed by atoms with Gasteiger partial charge in [0, 0.05) is 25.4 Å². The smallest absolute Gasteiger partial charge is 0.338 e. The molecule has 0 aliphatic heterocycles. The maximum Gasteiger partial charge on any atom is 0.338 e. The van der Waals surface area contributed by atoms with Crippen molar-refractivity contribution in [2.24, 2.45) is 0 Å². The van der Waals surface area contributed by atoms with Crippen molar-refractivity contribution in [3.63, 3.8) is 0 Å². The van der Waals surface area contributed by atoms with Crippen molar-refractivity contribution in [1.29, 1.82) is 0 Å². The number of fused-ring (bicyclic) bond motifs is 1. The summed E-state index contributed by atoms with van der Waals surface area (Å²) in [6.07, 6.45) is 1.56. The standard InChI is InChI=1S/C15H15NO5/c1-4-20-15(19)11-7-13-12(5-6-16(13)9(2)17)14(8-11)21-10(3)18/h5-8H,4H2,1-3H3.